The summed E-state index contributed by atoms with van der Waals surface area (Å²) in [5.74, 6) is 1.59. The molecular formula is C17H24NO3+. The first-order valence-corrected chi connectivity index (χ1v) is 7.67. The topological polar surface area (TPSA) is 46.5 Å². The first kappa shape index (κ1) is 14.4. The number of hydrogen-bond acceptors (Lipinski definition) is 2. The van der Waals surface area contributed by atoms with Crippen molar-refractivity contribution in [3.63, 3.8) is 0 Å². The minimum atomic E-state index is -0.700. The first-order valence-electron chi connectivity index (χ1n) is 7.67. The minimum Gasteiger partial charge on any atom is -0.493 e. The van der Waals surface area contributed by atoms with E-state index in [0.717, 1.165) is 12.2 Å². The second-order valence-electron chi connectivity index (χ2n) is 7.33. The molecule has 0 bridgehead atoms. The Morgan fingerprint density at radius 1 is 1.29 bits per heavy atom. The standard InChI is InChI=1S/C17H23NO3/c1-17(2,3)18(16(19)20)10-12-8-9-21-15-7-5-4-6-13(15)14(12)11-18/h4-7,12,14H,8-11H2,1-3H3/p+1/t12-,14?,18-/m1/s1. The first-order chi connectivity index (χ1) is 9.85. The normalized spacial score (nSPS) is 31.8. The highest BCUT2D eigenvalue weighted by Gasteiger charge is 2.57. The molecule has 2 aliphatic heterocycles. The number of benzene rings is 1. The molecule has 0 saturated carbocycles. The number of quaternary nitrogens is 1. The van der Waals surface area contributed by atoms with Crippen molar-refractivity contribution in [1.82, 2.24) is 0 Å². The Bertz CT molecular complexity index is 563. The molecule has 0 aromatic heterocycles. The molecule has 0 aliphatic carbocycles. The third-order valence-electron chi connectivity index (χ3n) is 5.34. The van der Waals surface area contributed by atoms with Gasteiger partial charge in [0.25, 0.3) is 0 Å². The van der Waals surface area contributed by atoms with Gasteiger partial charge in [0.2, 0.25) is 0 Å². The highest BCUT2D eigenvalue weighted by atomic mass is 16.5. The summed E-state index contributed by atoms with van der Waals surface area (Å²) in [6.07, 6.45) is 0.233. The van der Waals surface area contributed by atoms with Crippen LogP contribution in [0.2, 0.25) is 0 Å². The Morgan fingerprint density at radius 3 is 2.67 bits per heavy atom. The van der Waals surface area contributed by atoms with Crippen LogP contribution in [-0.4, -0.2) is 40.9 Å². The van der Waals surface area contributed by atoms with Crippen molar-refractivity contribution in [2.24, 2.45) is 5.92 Å². The summed E-state index contributed by atoms with van der Waals surface area (Å²) in [5, 5.41) is 9.91. The van der Waals surface area contributed by atoms with Gasteiger partial charge in [-0.05, 0) is 33.3 Å². The number of likely N-dealkylation sites (tertiary alicyclic amines) is 1. The van der Waals surface area contributed by atoms with E-state index in [0.29, 0.717) is 25.6 Å². The zero-order chi connectivity index (χ0) is 15.3. The molecule has 4 nitrogen and oxygen atoms in total. The predicted octanol–water partition coefficient (Wildman–Crippen LogP) is 3.48. The number of ether oxygens (including phenoxy) is 1. The van der Waals surface area contributed by atoms with Crippen LogP contribution >= 0.6 is 0 Å². The fourth-order valence-electron chi connectivity index (χ4n) is 3.96. The molecule has 4 heteroatoms. The lowest BCUT2D eigenvalue weighted by molar-refractivity contribution is -0.893. The Balaban J connectivity index is 2.04. The van der Waals surface area contributed by atoms with E-state index in [-0.39, 0.29) is 15.9 Å². The van der Waals surface area contributed by atoms with Crippen LogP contribution in [0.25, 0.3) is 0 Å². The molecule has 3 rings (SSSR count). The lowest BCUT2D eigenvalue weighted by Crippen LogP contribution is -2.62. The van der Waals surface area contributed by atoms with Gasteiger partial charge in [0, 0.05) is 17.4 Å². The highest BCUT2D eigenvalue weighted by molar-refractivity contribution is 5.58. The molecule has 1 saturated heterocycles. The monoisotopic (exact) mass is 290 g/mol. The summed E-state index contributed by atoms with van der Waals surface area (Å²) in [4.78, 5) is 12.1. The van der Waals surface area contributed by atoms with Crippen LogP contribution in [-0.2, 0) is 0 Å². The number of amides is 1. The van der Waals surface area contributed by atoms with Crippen LogP contribution in [0.4, 0.5) is 4.79 Å². The Labute approximate surface area is 125 Å². The number of carbonyl (C=O) groups is 1. The summed E-state index contributed by atoms with van der Waals surface area (Å²) < 4.78 is 5.99. The van der Waals surface area contributed by atoms with Crippen LogP contribution in [0.15, 0.2) is 24.3 Å². The van der Waals surface area contributed by atoms with Crippen LogP contribution in [0.1, 0.15) is 38.7 Å². The fourth-order valence-corrected chi connectivity index (χ4v) is 3.96. The summed E-state index contributed by atoms with van der Waals surface area (Å²) in [7, 11) is 0. The van der Waals surface area contributed by atoms with Crippen molar-refractivity contribution in [2.45, 2.75) is 38.6 Å². The summed E-state index contributed by atoms with van der Waals surface area (Å²) in [6.45, 7) is 8.14. The van der Waals surface area contributed by atoms with Gasteiger partial charge in [-0.15, -0.1) is 0 Å². The zero-order valence-corrected chi connectivity index (χ0v) is 13.0. The van der Waals surface area contributed by atoms with Crippen molar-refractivity contribution >= 4 is 6.09 Å². The number of carboxylic acid groups (broad SMARTS) is 1. The van der Waals surface area contributed by atoms with Gasteiger partial charge in [-0.25, -0.2) is 4.48 Å². The van der Waals surface area contributed by atoms with Crippen LogP contribution in [0.5, 0.6) is 5.75 Å². The Hall–Kier alpha value is -1.55. The van der Waals surface area contributed by atoms with E-state index in [1.54, 1.807) is 0 Å². The SMILES string of the molecule is CC(C)(C)[N@@+]1(C(=O)O)CC2c3ccccc3OCC[C@@H]2C1. The molecule has 114 valence electrons. The molecular weight excluding hydrogens is 266 g/mol. The lowest BCUT2D eigenvalue weighted by Gasteiger charge is -2.40. The number of hydrogen-bond donors (Lipinski definition) is 1. The molecule has 1 N–H and O–H groups in total. The average Bonchev–Trinajstić information content (AvgIpc) is 2.72. The number of nitrogens with zero attached hydrogens (tertiary/aromatic N) is 1. The summed E-state index contributed by atoms with van der Waals surface area (Å²) in [5.41, 5.74) is 0.888. The van der Waals surface area contributed by atoms with Crippen LogP contribution in [0, 0.1) is 5.92 Å². The largest absolute Gasteiger partial charge is 0.514 e. The molecule has 1 aromatic rings. The minimum absolute atomic E-state index is 0.149. The van der Waals surface area contributed by atoms with Crippen molar-refractivity contribution in [3.8, 4) is 5.75 Å². The molecule has 0 spiro atoms. The highest BCUT2D eigenvalue weighted by Crippen LogP contribution is 2.47. The molecule has 0 radical (unpaired) electrons. The van der Waals surface area contributed by atoms with Crippen molar-refractivity contribution < 1.29 is 19.1 Å². The van der Waals surface area contributed by atoms with Gasteiger partial charge in [-0.1, -0.05) is 18.2 Å². The van der Waals surface area contributed by atoms with E-state index in [1.165, 1.54) is 5.56 Å². The van der Waals surface area contributed by atoms with E-state index in [2.05, 4.69) is 6.07 Å². The molecule has 1 amide bonds. The Morgan fingerprint density at radius 2 is 2.00 bits per heavy atom. The molecule has 2 heterocycles. The van der Waals surface area contributed by atoms with E-state index >= 15 is 0 Å². The van der Waals surface area contributed by atoms with E-state index in [9.17, 15) is 9.90 Å². The molecule has 3 atom stereocenters. The van der Waals surface area contributed by atoms with Gasteiger partial charge in [0.1, 0.15) is 11.3 Å². The summed E-state index contributed by atoms with van der Waals surface area (Å²) >= 11 is 0. The maximum absolute atomic E-state index is 12.1. The van der Waals surface area contributed by atoms with Gasteiger partial charge in [-0.3, -0.25) is 0 Å². The lowest BCUT2D eigenvalue weighted by atomic mass is 9.87. The van der Waals surface area contributed by atoms with E-state index < -0.39 is 6.09 Å². The smallest absolute Gasteiger partial charge is 0.493 e. The third kappa shape index (κ3) is 2.13. The van der Waals surface area contributed by atoms with Crippen molar-refractivity contribution in [3.05, 3.63) is 29.8 Å². The quantitative estimate of drug-likeness (QED) is 0.744. The number of fused-ring (bicyclic) bond motifs is 3. The second-order valence-corrected chi connectivity index (χ2v) is 7.33. The van der Waals surface area contributed by atoms with Gasteiger partial charge < -0.3 is 9.84 Å². The predicted molar refractivity (Wildman–Crippen MR) is 80.6 cm³/mol. The molecule has 1 fully saturated rings. The Kier molecular flexibility index (Phi) is 3.24. The van der Waals surface area contributed by atoms with E-state index in [1.807, 2.05) is 39.0 Å². The maximum atomic E-state index is 12.1. The van der Waals surface area contributed by atoms with Crippen molar-refractivity contribution in [2.75, 3.05) is 19.7 Å². The molecule has 1 unspecified atom stereocenters. The van der Waals surface area contributed by atoms with Crippen LogP contribution < -0.4 is 4.74 Å². The summed E-state index contributed by atoms with van der Waals surface area (Å²) in [6, 6.07) is 8.11. The molecule has 21 heavy (non-hydrogen) atoms. The average molecular weight is 290 g/mol. The molecule has 2 aliphatic rings. The van der Waals surface area contributed by atoms with Gasteiger partial charge in [0.05, 0.1) is 19.7 Å². The number of rotatable bonds is 0. The number of para-hydroxylation sites is 1. The van der Waals surface area contributed by atoms with Crippen LogP contribution in [0.3, 0.4) is 0 Å². The second kappa shape index (κ2) is 4.73. The van der Waals surface area contributed by atoms with Gasteiger partial charge >= 0.3 is 6.09 Å². The fraction of sp³-hybridized carbons (Fsp3) is 0.588. The van der Waals surface area contributed by atoms with Gasteiger partial charge in [0.15, 0.2) is 0 Å². The molecule has 1 aromatic carbocycles. The zero-order valence-electron chi connectivity index (χ0n) is 13.0. The van der Waals surface area contributed by atoms with Crippen molar-refractivity contribution in [1.29, 1.82) is 0 Å². The third-order valence-corrected chi connectivity index (χ3v) is 5.34. The van der Waals surface area contributed by atoms with E-state index in [4.69, 9.17) is 4.74 Å². The maximum Gasteiger partial charge on any atom is 0.514 e. The van der Waals surface area contributed by atoms with Gasteiger partial charge in [-0.2, -0.15) is 4.79 Å².